The molecule has 2 atom stereocenters. The lowest BCUT2D eigenvalue weighted by Crippen LogP contribution is -2.47. The van der Waals surface area contributed by atoms with E-state index < -0.39 is 17.8 Å². The van der Waals surface area contributed by atoms with Crippen LogP contribution in [0.3, 0.4) is 0 Å². The van der Waals surface area contributed by atoms with Gasteiger partial charge >= 0.3 is 6.18 Å². The molecule has 41 heavy (non-hydrogen) atoms. The van der Waals surface area contributed by atoms with E-state index in [0.717, 1.165) is 18.9 Å². The number of rotatable bonds is 6. The number of aromatic nitrogens is 4. The van der Waals surface area contributed by atoms with E-state index in [2.05, 4.69) is 15.0 Å². The predicted molar refractivity (Wildman–Crippen MR) is 145 cm³/mol. The van der Waals surface area contributed by atoms with E-state index in [1.165, 1.54) is 18.5 Å². The van der Waals surface area contributed by atoms with Crippen molar-refractivity contribution in [3.05, 3.63) is 35.9 Å². The van der Waals surface area contributed by atoms with Crippen LogP contribution in [0.4, 0.5) is 13.2 Å². The van der Waals surface area contributed by atoms with E-state index in [4.69, 9.17) is 4.74 Å². The van der Waals surface area contributed by atoms with Crippen LogP contribution < -0.4 is 4.74 Å². The van der Waals surface area contributed by atoms with Crippen LogP contribution in [0.1, 0.15) is 44.5 Å². The predicted octanol–water partition coefficient (Wildman–Crippen LogP) is 3.63. The molecule has 2 aromatic heterocycles. The average Bonchev–Trinajstić information content (AvgIpc) is 3.48. The maximum absolute atomic E-state index is 14.0. The monoisotopic (exact) mass is 573 g/mol. The van der Waals surface area contributed by atoms with Crippen LogP contribution in [-0.4, -0.2) is 85.8 Å². The topological polar surface area (TPSA) is 120 Å². The Morgan fingerprint density at radius 2 is 1.95 bits per heavy atom. The van der Waals surface area contributed by atoms with Crippen molar-refractivity contribution in [3.8, 4) is 23.1 Å². The maximum Gasteiger partial charge on any atom is 0.419 e. The van der Waals surface area contributed by atoms with Crippen molar-refractivity contribution in [2.45, 2.75) is 51.4 Å². The van der Waals surface area contributed by atoms with E-state index >= 15 is 0 Å². The Morgan fingerprint density at radius 1 is 1.22 bits per heavy atom. The number of fused-ring (bicyclic) bond motifs is 1. The third kappa shape index (κ3) is 6.28. The third-order valence-corrected chi connectivity index (χ3v) is 7.74. The van der Waals surface area contributed by atoms with Gasteiger partial charge in [0.15, 0.2) is 5.65 Å². The number of β-amino-alcohol motifs (C(OH)–C–C–N with tert-alkyl or cyclic N) is 1. The Kier molecular flexibility index (Phi) is 8.84. The number of alkyl halides is 3. The maximum atomic E-state index is 14.0. The van der Waals surface area contributed by atoms with E-state index in [9.17, 15) is 28.3 Å². The first kappa shape index (κ1) is 30.2. The second-order valence-electron chi connectivity index (χ2n) is 10.5. The molecule has 0 spiro atoms. The van der Waals surface area contributed by atoms with Crippen LogP contribution in [0.25, 0.3) is 22.4 Å². The molecule has 1 N–H and O–H groups in total. The van der Waals surface area contributed by atoms with Crippen LogP contribution in [0, 0.1) is 17.2 Å². The number of benzene rings is 1. The summed E-state index contributed by atoms with van der Waals surface area (Å²) in [5.41, 5.74) is -0.00653. The zero-order valence-electron chi connectivity index (χ0n) is 22.2. The summed E-state index contributed by atoms with van der Waals surface area (Å²) >= 11 is 0. The van der Waals surface area contributed by atoms with Gasteiger partial charge in [0.1, 0.15) is 23.0 Å². The lowest BCUT2D eigenvalue weighted by atomic mass is 9.93. The first-order valence-corrected chi connectivity index (χ1v) is 13.2. The molecular formula is C28H34F3N7O3. The summed E-state index contributed by atoms with van der Waals surface area (Å²) in [7, 11) is 3.51. The van der Waals surface area contributed by atoms with Gasteiger partial charge < -0.3 is 19.3 Å². The van der Waals surface area contributed by atoms with Crippen molar-refractivity contribution >= 4 is 17.1 Å². The average molecular weight is 574 g/mol. The summed E-state index contributed by atoms with van der Waals surface area (Å²) in [5, 5.41) is 19.1. The molecule has 2 aliphatic heterocycles. The molecule has 1 aromatic carbocycles. The number of piperidine rings is 1. The number of carbonyl (C=O) groups is 1. The normalized spacial score (nSPS) is 20.2. The molecule has 0 aliphatic carbocycles. The van der Waals surface area contributed by atoms with Crippen LogP contribution in [-0.2, 0) is 18.0 Å². The number of likely N-dealkylation sites (N-methyl/N-ethyl adjacent to an activating group) is 1. The summed E-state index contributed by atoms with van der Waals surface area (Å²) in [6.07, 6.45) is -1.21. The minimum absolute atomic E-state index is 0. The first-order chi connectivity index (χ1) is 19.0. The summed E-state index contributed by atoms with van der Waals surface area (Å²) in [5.74, 6) is -0.191. The van der Waals surface area contributed by atoms with Gasteiger partial charge in [0.05, 0.1) is 30.6 Å². The molecule has 0 saturated carbocycles. The van der Waals surface area contributed by atoms with Gasteiger partial charge in [0, 0.05) is 32.2 Å². The second-order valence-corrected chi connectivity index (χ2v) is 10.5. The molecule has 2 saturated heterocycles. The van der Waals surface area contributed by atoms with Gasteiger partial charge in [-0.3, -0.25) is 9.69 Å². The fraction of sp³-hybridized carbons (Fsp3) is 0.536. The minimum atomic E-state index is -4.67. The molecule has 0 bridgehead atoms. The van der Waals surface area contributed by atoms with Crippen molar-refractivity contribution in [1.82, 2.24) is 29.3 Å². The highest BCUT2D eigenvalue weighted by atomic mass is 19.4. The van der Waals surface area contributed by atoms with Gasteiger partial charge in [-0.25, -0.2) is 9.97 Å². The molecule has 0 unspecified atom stereocenters. The number of hydrogen-bond donors (Lipinski definition) is 1. The van der Waals surface area contributed by atoms with E-state index in [0.29, 0.717) is 43.6 Å². The molecule has 220 valence electrons. The smallest absolute Gasteiger partial charge is 0.419 e. The van der Waals surface area contributed by atoms with Crippen LogP contribution in [0.15, 0.2) is 24.5 Å². The molecule has 3 aromatic rings. The number of aryl methyl sites for hydroxylation is 1. The van der Waals surface area contributed by atoms with E-state index in [1.54, 1.807) is 11.6 Å². The Hall–Kier alpha value is -3.76. The van der Waals surface area contributed by atoms with Gasteiger partial charge in [0.2, 0.25) is 11.7 Å². The van der Waals surface area contributed by atoms with E-state index in [1.807, 2.05) is 22.9 Å². The molecule has 10 nitrogen and oxygen atoms in total. The molecule has 13 heteroatoms. The fourth-order valence-corrected chi connectivity index (χ4v) is 5.53. The Bertz CT molecular complexity index is 1440. The summed E-state index contributed by atoms with van der Waals surface area (Å²) in [4.78, 5) is 29.0. The van der Waals surface area contributed by atoms with Crippen molar-refractivity contribution in [2.75, 3.05) is 33.3 Å². The van der Waals surface area contributed by atoms with Crippen molar-refractivity contribution in [2.24, 2.45) is 13.0 Å². The molecule has 4 heterocycles. The Morgan fingerprint density at radius 3 is 2.59 bits per heavy atom. The zero-order valence-corrected chi connectivity index (χ0v) is 22.2. The number of carbonyl (C=O) groups excluding carboxylic acids is 1. The Labute approximate surface area is 236 Å². The van der Waals surface area contributed by atoms with Gasteiger partial charge in [-0.2, -0.15) is 23.4 Å². The number of nitriles is 1. The molecule has 1 amide bonds. The highest BCUT2D eigenvalue weighted by Crippen LogP contribution is 2.39. The second kappa shape index (κ2) is 12.0. The van der Waals surface area contributed by atoms with Crippen molar-refractivity contribution in [1.29, 1.82) is 5.26 Å². The summed E-state index contributed by atoms with van der Waals surface area (Å²) < 4.78 is 49.3. The third-order valence-electron chi connectivity index (χ3n) is 7.74. The zero-order chi connectivity index (χ0) is 28.6. The molecule has 5 rings (SSSR count). The lowest BCUT2D eigenvalue weighted by Gasteiger charge is -2.34. The minimum Gasteiger partial charge on any atom is -0.493 e. The summed E-state index contributed by atoms with van der Waals surface area (Å²) in [6, 6.07) is 5.25. The first-order valence-electron chi connectivity index (χ1n) is 13.2. The standard InChI is InChI=1S/C27H30F3N7O3.CH4/c1-35-14-18(38)12-20(35)26(39)37-8-5-16(6-9-37)7-10-40-21-4-3-17(11-19(21)27(28,29)30)23-24-25(36(2)15-32-24)34-22(13-31)33-23;/h3-4,11,15-16,18,20,38H,5-10,12,14H2,1-2H3;1H4/t18-,20-;/m0./s1. The number of aliphatic hydroxyl groups is 1. The Balaban J connectivity index is 0.00000387. The number of aliphatic hydroxyl groups excluding tert-OH is 1. The SMILES string of the molecule is C.CN1C[C@@H](O)C[C@H]1C(=O)N1CCC(CCOc2ccc(-c3nc(C#N)nc4c3ncn4C)cc2C(F)(F)F)CC1. The van der Waals surface area contributed by atoms with Gasteiger partial charge in [-0.05, 0) is 56.8 Å². The number of likely N-dealkylation sites (tertiary alicyclic amines) is 2. The van der Waals surface area contributed by atoms with Crippen LogP contribution in [0.2, 0.25) is 0 Å². The molecule has 2 fully saturated rings. The van der Waals surface area contributed by atoms with Gasteiger partial charge in [-0.15, -0.1) is 0 Å². The molecule has 0 radical (unpaired) electrons. The summed E-state index contributed by atoms with van der Waals surface area (Å²) in [6.45, 7) is 1.75. The number of imidazole rings is 1. The number of halogens is 3. The molecule has 2 aliphatic rings. The van der Waals surface area contributed by atoms with Gasteiger partial charge in [-0.1, -0.05) is 7.43 Å². The van der Waals surface area contributed by atoms with Crippen molar-refractivity contribution in [3.63, 3.8) is 0 Å². The van der Waals surface area contributed by atoms with E-state index in [-0.39, 0.29) is 54.7 Å². The van der Waals surface area contributed by atoms with Crippen molar-refractivity contribution < 1.29 is 27.8 Å². The highest BCUT2D eigenvalue weighted by Gasteiger charge is 2.37. The number of amides is 1. The quantitative estimate of drug-likeness (QED) is 0.475. The highest BCUT2D eigenvalue weighted by molar-refractivity contribution is 5.88. The lowest BCUT2D eigenvalue weighted by molar-refractivity contribution is -0.139. The van der Waals surface area contributed by atoms with Crippen LogP contribution >= 0.6 is 0 Å². The largest absolute Gasteiger partial charge is 0.493 e. The molecular weight excluding hydrogens is 539 g/mol. The number of ether oxygens (including phenoxy) is 1. The fourth-order valence-electron chi connectivity index (χ4n) is 5.53. The van der Waals surface area contributed by atoms with Gasteiger partial charge in [0.25, 0.3) is 0 Å². The van der Waals surface area contributed by atoms with Crippen LogP contribution in [0.5, 0.6) is 5.75 Å². The number of hydrogen-bond acceptors (Lipinski definition) is 8. The number of nitrogens with zero attached hydrogens (tertiary/aromatic N) is 7.